The van der Waals surface area contributed by atoms with Gasteiger partial charge in [0, 0.05) is 44.8 Å². The molecule has 0 aromatic heterocycles. The Balaban J connectivity index is 0.00000341. The van der Waals surface area contributed by atoms with Gasteiger partial charge in [-0.2, -0.15) is 0 Å². The fourth-order valence-electron chi connectivity index (χ4n) is 4.11. The smallest absolute Gasteiger partial charge is 0.191 e. The maximum Gasteiger partial charge on any atom is 0.191 e. The number of halogens is 2. The number of aliphatic hydroxyl groups excluding tert-OH is 2. The summed E-state index contributed by atoms with van der Waals surface area (Å²) in [6.07, 6.45) is 2.68. The zero-order chi connectivity index (χ0) is 21.4. The zero-order valence-electron chi connectivity index (χ0n) is 18.3. The van der Waals surface area contributed by atoms with Gasteiger partial charge in [0.2, 0.25) is 0 Å². The van der Waals surface area contributed by atoms with E-state index in [0.29, 0.717) is 63.7 Å². The van der Waals surface area contributed by atoms with Crippen molar-refractivity contribution in [1.29, 1.82) is 0 Å². The lowest BCUT2D eigenvalue weighted by Crippen LogP contribution is -2.44. The van der Waals surface area contributed by atoms with Crippen LogP contribution in [0.25, 0.3) is 0 Å². The Morgan fingerprint density at radius 3 is 2.71 bits per heavy atom. The minimum absolute atomic E-state index is 0. The number of ether oxygens (including phenoxy) is 1. The Kier molecular flexibility index (Phi) is 10.7. The first kappa shape index (κ1) is 26.1. The minimum Gasteiger partial charge on any atom is -0.396 e. The van der Waals surface area contributed by atoms with Gasteiger partial charge in [-0.1, -0.05) is 6.07 Å². The Labute approximate surface area is 201 Å². The van der Waals surface area contributed by atoms with Crippen LogP contribution >= 0.6 is 24.0 Å². The third kappa shape index (κ3) is 7.44. The molecule has 1 unspecified atom stereocenters. The van der Waals surface area contributed by atoms with Crippen molar-refractivity contribution in [3.8, 4) is 0 Å². The molecule has 0 amide bonds. The van der Waals surface area contributed by atoms with E-state index >= 15 is 0 Å². The highest BCUT2D eigenvalue weighted by molar-refractivity contribution is 14.0. The van der Waals surface area contributed by atoms with Crippen molar-refractivity contribution < 1.29 is 19.3 Å². The molecule has 0 aliphatic carbocycles. The molecule has 3 rings (SSSR count). The van der Waals surface area contributed by atoms with E-state index in [0.717, 1.165) is 25.1 Å². The standard InChI is InChI=1S/C22H35FN4O3.HI/c1-2-24-21(26-15-22(7-11-28)8-12-30-16-22)25-14-17-3-4-20(19(23)13-17)27-9-5-18(29)6-10-27;/h3-4,13,18,28-29H,2,5-12,14-16H2,1H3,(H2,24,25,26);1H. The minimum atomic E-state index is -0.276. The monoisotopic (exact) mass is 550 g/mol. The highest BCUT2D eigenvalue weighted by Gasteiger charge is 2.34. The quantitative estimate of drug-likeness (QED) is 0.226. The fraction of sp³-hybridized carbons (Fsp3) is 0.682. The first-order valence-corrected chi connectivity index (χ1v) is 11.0. The molecule has 9 heteroatoms. The summed E-state index contributed by atoms with van der Waals surface area (Å²) in [5.74, 6) is 0.429. The lowest BCUT2D eigenvalue weighted by molar-refractivity contribution is 0.127. The first-order valence-electron chi connectivity index (χ1n) is 11.0. The molecule has 31 heavy (non-hydrogen) atoms. The van der Waals surface area contributed by atoms with Crippen LogP contribution in [0.4, 0.5) is 10.1 Å². The zero-order valence-corrected chi connectivity index (χ0v) is 20.6. The number of guanidine groups is 1. The molecule has 0 saturated carbocycles. The van der Waals surface area contributed by atoms with Crippen molar-refractivity contribution in [2.75, 3.05) is 50.9 Å². The molecule has 7 nitrogen and oxygen atoms in total. The van der Waals surface area contributed by atoms with Crippen LogP contribution in [0.1, 0.15) is 38.2 Å². The number of nitrogens with zero attached hydrogens (tertiary/aromatic N) is 2. The van der Waals surface area contributed by atoms with Gasteiger partial charge < -0.3 is 30.5 Å². The van der Waals surface area contributed by atoms with Gasteiger partial charge in [0.25, 0.3) is 0 Å². The predicted molar refractivity (Wildman–Crippen MR) is 132 cm³/mol. The van der Waals surface area contributed by atoms with Crippen molar-refractivity contribution in [3.63, 3.8) is 0 Å². The van der Waals surface area contributed by atoms with Gasteiger partial charge in [0.15, 0.2) is 5.96 Å². The second kappa shape index (κ2) is 12.8. The lowest BCUT2D eigenvalue weighted by atomic mass is 9.84. The maximum atomic E-state index is 14.7. The topological polar surface area (TPSA) is 89.4 Å². The van der Waals surface area contributed by atoms with Crippen LogP contribution in [0.15, 0.2) is 23.2 Å². The normalized spacial score (nSPS) is 22.3. The number of hydrogen-bond donors (Lipinski definition) is 4. The largest absolute Gasteiger partial charge is 0.396 e. The van der Waals surface area contributed by atoms with E-state index in [1.165, 1.54) is 0 Å². The molecule has 2 fully saturated rings. The summed E-state index contributed by atoms with van der Waals surface area (Å²) in [5, 5.41) is 25.6. The van der Waals surface area contributed by atoms with Crippen LogP contribution in [0.5, 0.6) is 0 Å². The molecule has 2 saturated heterocycles. The van der Waals surface area contributed by atoms with Crippen molar-refractivity contribution in [1.82, 2.24) is 10.6 Å². The third-order valence-electron chi connectivity index (χ3n) is 6.04. The molecule has 0 spiro atoms. The summed E-state index contributed by atoms with van der Waals surface area (Å²) in [7, 11) is 0. The molecule has 1 aromatic carbocycles. The summed E-state index contributed by atoms with van der Waals surface area (Å²) >= 11 is 0. The summed E-state index contributed by atoms with van der Waals surface area (Å²) < 4.78 is 20.2. The second-order valence-corrected chi connectivity index (χ2v) is 8.33. The van der Waals surface area contributed by atoms with Gasteiger partial charge in [-0.25, -0.2) is 9.38 Å². The van der Waals surface area contributed by atoms with Gasteiger partial charge in [-0.3, -0.25) is 0 Å². The van der Waals surface area contributed by atoms with Gasteiger partial charge in [-0.15, -0.1) is 24.0 Å². The molecule has 2 heterocycles. The second-order valence-electron chi connectivity index (χ2n) is 8.33. The van der Waals surface area contributed by atoms with E-state index in [4.69, 9.17) is 4.74 Å². The molecule has 2 aliphatic heterocycles. The number of hydrogen-bond acceptors (Lipinski definition) is 5. The summed E-state index contributed by atoms with van der Waals surface area (Å²) in [6, 6.07) is 5.27. The van der Waals surface area contributed by atoms with Gasteiger partial charge in [-0.05, 0) is 50.3 Å². The van der Waals surface area contributed by atoms with Crippen LogP contribution in [0.2, 0.25) is 0 Å². The van der Waals surface area contributed by atoms with Crippen molar-refractivity contribution >= 4 is 35.6 Å². The number of nitrogens with one attached hydrogen (secondary N) is 2. The molecule has 2 aliphatic rings. The van der Waals surface area contributed by atoms with Gasteiger partial charge >= 0.3 is 0 Å². The molecule has 1 aromatic rings. The van der Waals surface area contributed by atoms with Gasteiger partial charge in [0.1, 0.15) is 5.82 Å². The number of benzene rings is 1. The summed E-state index contributed by atoms with van der Waals surface area (Å²) in [5.41, 5.74) is 1.33. The SMILES string of the molecule is CCNC(=NCc1ccc(N2CCC(O)CC2)c(F)c1)NCC1(CCO)CCOC1.I. The highest BCUT2D eigenvalue weighted by atomic mass is 127. The average molecular weight is 550 g/mol. The Morgan fingerprint density at radius 2 is 2.10 bits per heavy atom. The third-order valence-corrected chi connectivity index (χ3v) is 6.04. The van der Waals surface area contributed by atoms with Crippen LogP contribution < -0.4 is 15.5 Å². The van der Waals surface area contributed by atoms with Crippen LogP contribution in [-0.2, 0) is 11.3 Å². The number of aliphatic imine (C=N–C) groups is 1. The summed E-state index contributed by atoms with van der Waals surface area (Å²) in [4.78, 5) is 6.60. The lowest BCUT2D eigenvalue weighted by Gasteiger charge is -2.31. The number of piperidine rings is 1. The van der Waals surface area contributed by atoms with E-state index in [9.17, 15) is 14.6 Å². The van der Waals surface area contributed by atoms with E-state index in [2.05, 4.69) is 15.6 Å². The molecular weight excluding hydrogens is 514 g/mol. The predicted octanol–water partition coefficient (Wildman–Crippen LogP) is 2.25. The molecule has 176 valence electrons. The number of anilines is 1. The molecule has 0 radical (unpaired) electrons. The van der Waals surface area contributed by atoms with Crippen LogP contribution in [0, 0.1) is 11.2 Å². The van der Waals surface area contributed by atoms with Gasteiger partial charge in [0.05, 0.1) is 24.9 Å². The molecule has 1 atom stereocenters. The van der Waals surface area contributed by atoms with E-state index in [1.54, 1.807) is 6.07 Å². The fourth-order valence-corrected chi connectivity index (χ4v) is 4.11. The Morgan fingerprint density at radius 1 is 1.32 bits per heavy atom. The molecule has 4 N–H and O–H groups in total. The highest BCUT2D eigenvalue weighted by Crippen LogP contribution is 2.31. The van der Waals surface area contributed by atoms with E-state index < -0.39 is 0 Å². The van der Waals surface area contributed by atoms with E-state index in [1.807, 2.05) is 24.0 Å². The molecule has 0 bridgehead atoms. The maximum absolute atomic E-state index is 14.7. The number of rotatable bonds is 8. The van der Waals surface area contributed by atoms with Crippen molar-refractivity contribution in [2.45, 2.75) is 45.3 Å². The first-order chi connectivity index (χ1) is 14.5. The Hall–Kier alpha value is -1.17. The van der Waals surface area contributed by atoms with Crippen LogP contribution in [0.3, 0.4) is 0 Å². The van der Waals surface area contributed by atoms with Crippen molar-refractivity contribution in [3.05, 3.63) is 29.6 Å². The molecular formula is C22H36FIN4O3. The van der Waals surface area contributed by atoms with Crippen LogP contribution in [-0.4, -0.2) is 68.3 Å². The summed E-state index contributed by atoms with van der Waals surface area (Å²) in [6.45, 7) is 6.61. The Bertz CT molecular complexity index is 708. The van der Waals surface area contributed by atoms with Crippen molar-refractivity contribution in [2.24, 2.45) is 10.4 Å². The number of aliphatic hydroxyl groups is 2. The average Bonchev–Trinajstić information content (AvgIpc) is 3.20. The van der Waals surface area contributed by atoms with E-state index in [-0.39, 0.29) is 47.9 Å².